The van der Waals surface area contributed by atoms with E-state index in [1.54, 1.807) is 6.07 Å². The van der Waals surface area contributed by atoms with E-state index < -0.39 is 11.7 Å². The molecule has 0 radical (unpaired) electrons. The molecule has 2 heterocycles. The standard InChI is InChI=1S/C18H21FN2O3/c19-12-1-4-14-15(8-17(22)20-16(14)7-12)18(23)21(13-2-3-13)9-11-5-6-24-10-11/h1,4,7,11,13,15H,2-3,5-6,8-10H2,(H,20,22)/t11-,15+/m1/s1. The SMILES string of the molecule is O=C1C[C@H](C(=O)N(C[C@H]2CCOC2)C2CC2)c2ccc(F)cc2N1. The molecule has 24 heavy (non-hydrogen) atoms. The molecule has 0 spiro atoms. The number of anilines is 1. The molecule has 1 N–H and O–H groups in total. The first-order chi connectivity index (χ1) is 11.6. The van der Waals surface area contributed by atoms with Crippen LogP contribution in [0.1, 0.15) is 37.2 Å². The Morgan fingerprint density at radius 2 is 2.17 bits per heavy atom. The zero-order valence-electron chi connectivity index (χ0n) is 13.5. The van der Waals surface area contributed by atoms with Crippen LogP contribution in [0.5, 0.6) is 0 Å². The predicted molar refractivity (Wildman–Crippen MR) is 86.0 cm³/mol. The second-order valence-corrected chi connectivity index (χ2v) is 6.99. The smallest absolute Gasteiger partial charge is 0.230 e. The molecule has 2 fully saturated rings. The third kappa shape index (κ3) is 3.02. The predicted octanol–water partition coefficient (Wildman–Crippen LogP) is 2.28. The number of rotatable bonds is 4. The summed E-state index contributed by atoms with van der Waals surface area (Å²) in [7, 11) is 0. The number of fused-ring (bicyclic) bond motifs is 1. The van der Waals surface area contributed by atoms with E-state index in [4.69, 9.17) is 4.74 Å². The van der Waals surface area contributed by atoms with Crippen LogP contribution in [0.2, 0.25) is 0 Å². The maximum absolute atomic E-state index is 13.5. The van der Waals surface area contributed by atoms with Crippen LogP contribution in [0, 0.1) is 11.7 Å². The molecule has 0 unspecified atom stereocenters. The summed E-state index contributed by atoms with van der Waals surface area (Å²) in [6.07, 6.45) is 3.15. The molecule has 1 aromatic rings. The molecular weight excluding hydrogens is 311 g/mol. The van der Waals surface area contributed by atoms with E-state index in [-0.39, 0.29) is 24.3 Å². The Bertz CT molecular complexity index is 668. The van der Waals surface area contributed by atoms with Crippen molar-refractivity contribution >= 4 is 17.5 Å². The van der Waals surface area contributed by atoms with Crippen LogP contribution in [0.15, 0.2) is 18.2 Å². The summed E-state index contributed by atoms with van der Waals surface area (Å²) in [6, 6.07) is 4.55. The molecule has 2 amide bonds. The highest BCUT2D eigenvalue weighted by Gasteiger charge is 2.40. The number of benzene rings is 1. The minimum absolute atomic E-state index is 0.00731. The van der Waals surface area contributed by atoms with Gasteiger partial charge in [0.15, 0.2) is 0 Å². The molecule has 2 atom stereocenters. The van der Waals surface area contributed by atoms with Gasteiger partial charge in [0.2, 0.25) is 11.8 Å². The van der Waals surface area contributed by atoms with Gasteiger partial charge in [0.05, 0.1) is 12.5 Å². The van der Waals surface area contributed by atoms with E-state index in [2.05, 4.69) is 5.32 Å². The maximum Gasteiger partial charge on any atom is 0.230 e. The highest BCUT2D eigenvalue weighted by Crippen LogP contribution is 2.37. The lowest BCUT2D eigenvalue weighted by Crippen LogP contribution is -2.42. The van der Waals surface area contributed by atoms with Gasteiger partial charge in [-0.3, -0.25) is 9.59 Å². The third-order valence-electron chi connectivity index (χ3n) is 5.10. The van der Waals surface area contributed by atoms with Gasteiger partial charge in [-0.05, 0) is 37.0 Å². The zero-order chi connectivity index (χ0) is 16.7. The molecule has 5 nitrogen and oxygen atoms in total. The number of nitrogens with one attached hydrogen (secondary N) is 1. The van der Waals surface area contributed by atoms with Crippen LogP contribution in [-0.4, -0.2) is 42.5 Å². The number of ether oxygens (including phenoxy) is 1. The van der Waals surface area contributed by atoms with Gasteiger partial charge in [0, 0.05) is 37.2 Å². The number of nitrogens with zero attached hydrogens (tertiary/aromatic N) is 1. The van der Waals surface area contributed by atoms with Crippen molar-refractivity contribution in [2.75, 3.05) is 25.1 Å². The normalized spacial score (nSPS) is 26.0. The first-order valence-corrected chi connectivity index (χ1v) is 8.59. The second kappa shape index (κ2) is 6.16. The van der Waals surface area contributed by atoms with Crippen LogP contribution in [0.3, 0.4) is 0 Å². The molecule has 1 aliphatic carbocycles. The number of carbonyl (C=O) groups excluding carboxylic acids is 2. The van der Waals surface area contributed by atoms with Gasteiger partial charge >= 0.3 is 0 Å². The Labute approximate surface area is 140 Å². The lowest BCUT2D eigenvalue weighted by Gasteiger charge is -2.32. The van der Waals surface area contributed by atoms with Crippen LogP contribution in [0.25, 0.3) is 0 Å². The van der Waals surface area contributed by atoms with E-state index in [1.807, 2.05) is 4.90 Å². The van der Waals surface area contributed by atoms with Crippen molar-refractivity contribution in [1.82, 2.24) is 4.90 Å². The highest BCUT2D eigenvalue weighted by atomic mass is 19.1. The van der Waals surface area contributed by atoms with Gasteiger partial charge in [0.25, 0.3) is 0 Å². The number of carbonyl (C=O) groups is 2. The second-order valence-electron chi connectivity index (χ2n) is 6.99. The molecule has 6 heteroatoms. The van der Waals surface area contributed by atoms with E-state index in [9.17, 15) is 14.0 Å². The largest absolute Gasteiger partial charge is 0.381 e. The van der Waals surface area contributed by atoms with Crippen molar-refractivity contribution in [2.24, 2.45) is 5.92 Å². The summed E-state index contributed by atoms with van der Waals surface area (Å²) in [6.45, 7) is 2.15. The van der Waals surface area contributed by atoms with Gasteiger partial charge in [-0.15, -0.1) is 0 Å². The van der Waals surface area contributed by atoms with E-state index >= 15 is 0 Å². The van der Waals surface area contributed by atoms with Crippen LogP contribution < -0.4 is 5.32 Å². The molecular formula is C18H21FN2O3. The fourth-order valence-electron chi connectivity index (χ4n) is 3.67. The third-order valence-corrected chi connectivity index (χ3v) is 5.10. The number of hydrogen-bond donors (Lipinski definition) is 1. The molecule has 3 aliphatic rings. The van der Waals surface area contributed by atoms with Gasteiger partial charge in [0.1, 0.15) is 5.82 Å². The van der Waals surface area contributed by atoms with E-state index in [0.717, 1.165) is 25.9 Å². The van der Waals surface area contributed by atoms with E-state index in [1.165, 1.54) is 12.1 Å². The van der Waals surface area contributed by atoms with Crippen molar-refractivity contribution in [2.45, 2.75) is 37.6 Å². The number of hydrogen-bond acceptors (Lipinski definition) is 3. The molecule has 0 aromatic heterocycles. The van der Waals surface area contributed by atoms with Gasteiger partial charge in [-0.25, -0.2) is 4.39 Å². The summed E-state index contributed by atoms with van der Waals surface area (Å²) in [5.74, 6) is -0.792. The van der Waals surface area contributed by atoms with Crippen molar-refractivity contribution in [3.8, 4) is 0 Å². The lowest BCUT2D eigenvalue weighted by atomic mass is 9.89. The number of amides is 2. The molecule has 4 rings (SSSR count). The molecule has 2 aliphatic heterocycles. The minimum Gasteiger partial charge on any atom is -0.381 e. The van der Waals surface area contributed by atoms with Crippen LogP contribution >= 0.6 is 0 Å². The average Bonchev–Trinajstić information content (AvgIpc) is 3.27. The highest BCUT2D eigenvalue weighted by molar-refractivity contribution is 6.01. The summed E-state index contributed by atoms with van der Waals surface area (Å²) < 4.78 is 18.9. The Hall–Kier alpha value is -1.95. The first-order valence-electron chi connectivity index (χ1n) is 8.59. The van der Waals surface area contributed by atoms with Crippen LogP contribution in [0.4, 0.5) is 10.1 Å². The summed E-state index contributed by atoms with van der Waals surface area (Å²) in [5, 5.41) is 2.67. The van der Waals surface area contributed by atoms with Crippen molar-refractivity contribution in [3.05, 3.63) is 29.6 Å². The number of halogens is 1. The molecule has 1 saturated heterocycles. The summed E-state index contributed by atoms with van der Waals surface area (Å²) >= 11 is 0. The van der Waals surface area contributed by atoms with E-state index in [0.29, 0.717) is 30.3 Å². The molecule has 0 bridgehead atoms. The minimum atomic E-state index is -0.516. The Kier molecular flexibility index (Phi) is 4.00. The van der Waals surface area contributed by atoms with Crippen molar-refractivity contribution < 1.29 is 18.7 Å². The topological polar surface area (TPSA) is 58.6 Å². The zero-order valence-corrected chi connectivity index (χ0v) is 13.5. The fourth-order valence-corrected chi connectivity index (χ4v) is 3.67. The van der Waals surface area contributed by atoms with Crippen molar-refractivity contribution in [1.29, 1.82) is 0 Å². The van der Waals surface area contributed by atoms with Gasteiger partial charge in [-0.2, -0.15) is 0 Å². The van der Waals surface area contributed by atoms with Gasteiger partial charge < -0.3 is 15.0 Å². The molecule has 1 saturated carbocycles. The summed E-state index contributed by atoms with van der Waals surface area (Å²) in [5.41, 5.74) is 1.14. The molecule has 1 aromatic carbocycles. The van der Waals surface area contributed by atoms with Gasteiger partial charge in [-0.1, -0.05) is 6.07 Å². The molecule has 128 valence electrons. The lowest BCUT2D eigenvalue weighted by molar-refractivity contribution is -0.136. The Morgan fingerprint density at radius 1 is 1.33 bits per heavy atom. The summed E-state index contributed by atoms with van der Waals surface area (Å²) in [4.78, 5) is 27.1. The Morgan fingerprint density at radius 3 is 2.88 bits per heavy atom. The fraction of sp³-hybridized carbons (Fsp3) is 0.556. The first kappa shape index (κ1) is 15.6. The van der Waals surface area contributed by atoms with Crippen LogP contribution in [-0.2, 0) is 14.3 Å². The average molecular weight is 332 g/mol. The monoisotopic (exact) mass is 332 g/mol. The maximum atomic E-state index is 13.5. The quantitative estimate of drug-likeness (QED) is 0.920. The Balaban J connectivity index is 1.59. The van der Waals surface area contributed by atoms with Crippen molar-refractivity contribution in [3.63, 3.8) is 0 Å².